The Morgan fingerprint density at radius 2 is 2.04 bits per heavy atom. The Morgan fingerprint density at radius 1 is 1.28 bits per heavy atom. The van der Waals surface area contributed by atoms with Crippen LogP contribution in [0.25, 0.3) is 10.9 Å². The van der Waals surface area contributed by atoms with Gasteiger partial charge in [-0.15, -0.1) is 0 Å². The van der Waals surface area contributed by atoms with Crippen LogP contribution in [-0.2, 0) is 11.3 Å². The number of anilines is 1. The quantitative estimate of drug-likeness (QED) is 0.569. The number of hydrogen-bond donors (Lipinski definition) is 1. The number of nitro benzene ring substituents is 1. The van der Waals surface area contributed by atoms with Crippen LogP contribution in [0.5, 0.6) is 0 Å². The molecule has 0 aliphatic carbocycles. The number of amides is 1. The fourth-order valence-corrected chi connectivity index (χ4v) is 2.49. The Hall–Kier alpha value is -3.26. The van der Waals surface area contributed by atoms with Gasteiger partial charge in [0.05, 0.1) is 22.2 Å². The highest BCUT2D eigenvalue weighted by atomic mass is 35.5. The molecule has 1 amide bonds. The number of carbonyl (C=O) groups is 1. The van der Waals surface area contributed by atoms with Crippen molar-refractivity contribution in [2.24, 2.45) is 0 Å². The molecular weight excluding hydrogens is 348 g/mol. The van der Waals surface area contributed by atoms with Crippen LogP contribution >= 0.6 is 11.6 Å². The summed E-state index contributed by atoms with van der Waals surface area (Å²) in [6.45, 7) is -0.271. The van der Waals surface area contributed by atoms with Crippen LogP contribution in [0, 0.1) is 10.1 Å². The SMILES string of the molecule is O=C(Cn1cnc2ccccc2c1=O)Nc1ccc(Cl)c([N+](=O)[O-])c1. The molecule has 0 spiro atoms. The molecule has 0 saturated carbocycles. The van der Waals surface area contributed by atoms with E-state index in [-0.39, 0.29) is 28.5 Å². The van der Waals surface area contributed by atoms with Gasteiger partial charge in [-0.3, -0.25) is 24.3 Å². The molecule has 8 nitrogen and oxygen atoms in total. The summed E-state index contributed by atoms with van der Waals surface area (Å²) in [7, 11) is 0. The maximum absolute atomic E-state index is 12.3. The first-order chi connectivity index (χ1) is 12.0. The van der Waals surface area contributed by atoms with Gasteiger partial charge < -0.3 is 5.32 Å². The Bertz CT molecular complexity index is 1050. The van der Waals surface area contributed by atoms with Crippen molar-refractivity contribution in [2.75, 3.05) is 5.32 Å². The Morgan fingerprint density at radius 3 is 2.80 bits per heavy atom. The molecule has 1 N–H and O–H groups in total. The maximum Gasteiger partial charge on any atom is 0.289 e. The Kier molecular flexibility index (Phi) is 4.44. The zero-order valence-corrected chi connectivity index (χ0v) is 13.4. The molecule has 0 radical (unpaired) electrons. The van der Waals surface area contributed by atoms with E-state index in [4.69, 9.17) is 11.6 Å². The third-order valence-corrected chi connectivity index (χ3v) is 3.79. The zero-order valence-electron chi connectivity index (χ0n) is 12.7. The van der Waals surface area contributed by atoms with E-state index >= 15 is 0 Å². The number of carbonyl (C=O) groups excluding carboxylic acids is 1. The molecule has 126 valence electrons. The monoisotopic (exact) mass is 358 g/mol. The van der Waals surface area contributed by atoms with Gasteiger partial charge in [0.25, 0.3) is 11.2 Å². The molecule has 0 unspecified atom stereocenters. The lowest BCUT2D eigenvalue weighted by Crippen LogP contribution is -2.27. The smallest absolute Gasteiger partial charge is 0.289 e. The summed E-state index contributed by atoms with van der Waals surface area (Å²) >= 11 is 5.73. The van der Waals surface area contributed by atoms with Crippen molar-refractivity contribution in [1.29, 1.82) is 0 Å². The summed E-state index contributed by atoms with van der Waals surface area (Å²) < 4.78 is 1.17. The molecule has 25 heavy (non-hydrogen) atoms. The molecule has 2 aromatic carbocycles. The third-order valence-electron chi connectivity index (χ3n) is 3.47. The molecule has 0 aliphatic rings. The van der Waals surface area contributed by atoms with Crippen molar-refractivity contribution >= 4 is 39.8 Å². The molecule has 3 rings (SSSR count). The van der Waals surface area contributed by atoms with Crippen molar-refractivity contribution in [3.63, 3.8) is 0 Å². The molecular formula is C16H11ClN4O4. The van der Waals surface area contributed by atoms with Crippen LogP contribution in [-0.4, -0.2) is 20.4 Å². The largest absolute Gasteiger partial charge is 0.324 e. The highest BCUT2D eigenvalue weighted by Crippen LogP contribution is 2.27. The van der Waals surface area contributed by atoms with Gasteiger partial charge in [-0.05, 0) is 24.3 Å². The van der Waals surface area contributed by atoms with Crippen LogP contribution in [0.1, 0.15) is 0 Å². The molecule has 9 heteroatoms. The number of nitro groups is 1. The van der Waals surface area contributed by atoms with Gasteiger partial charge >= 0.3 is 0 Å². The summed E-state index contributed by atoms with van der Waals surface area (Å²) in [6, 6.07) is 10.7. The predicted octanol–water partition coefficient (Wildman–Crippen LogP) is 2.60. The Labute approximate surface area is 145 Å². The number of hydrogen-bond acceptors (Lipinski definition) is 5. The van der Waals surface area contributed by atoms with Crippen LogP contribution in [0.4, 0.5) is 11.4 Å². The van der Waals surface area contributed by atoms with Crippen LogP contribution in [0.3, 0.4) is 0 Å². The summed E-state index contributed by atoms with van der Waals surface area (Å²) in [5.74, 6) is -0.518. The first kappa shape index (κ1) is 16.6. The van der Waals surface area contributed by atoms with E-state index in [1.165, 1.54) is 23.0 Å². The molecule has 1 heterocycles. The lowest BCUT2D eigenvalue weighted by molar-refractivity contribution is -0.384. The number of aromatic nitrogens is 2. The fourth-order valence-electron chi connectivity index (χ4n) is 2.30. The topological polar surface area (TPSA) is 107 Å². The first-order valence-electron chi connectivity index (χ1n) is 7.13. The van der Waals surface area contributed by atoms with Gasteiger partial charge in [-0.25, -0.2) is 4.98 Å². The zero-order chi connectivity index (χ0) is 18.0. The second-order valence-corrected chi connectivity index (χ2v) is 5.57. The van der Waals surface area contributed by atoms with Gasteiger partial charge in [0.2, 0.25) is 5.91 Å². The number of nitrogens with one attached hydrogen (secondary N) is 1. The highest BCUT2D eigenvalue weighted by Gasteiger charge is 2.14. The molecule has 0 atom stereocenters. The fraction of sp³-hybridized carbons (Fsp3) is 0.0625. The Balaban J connectivity index is 1.82. The predicted molar refractivity (Wildman–Crippen MR) is 92.7 cm³/mol. The standard InChI is InChI=1S/C16H11ClN4O4/c17-12-6-5-10(7-14(12)21(24)25)19-15(22)8-20-9-18-13-4-2-1-3-11(13)16(20)23/h1-7,9H,8H2,(H,19,22). The van der Waals surface area contributed by atoms with Gasteiger partial charge in [-0.2, -0.15) is 0 Å². The molecule has 0 fully saturated rings. The van der Waals surface area contributed by atoms with Crippen LogP contribution in [0.2, 0.25) is 5.02 Å². The van der Waals surface area contributed by atoms with Gasteiger partial charge in [0.1, 0.15) is 11.6 Å². The number of rotatable bonds is 4. The number of para-hydroxylation sites is 1. The minimum atomic E-state index is -0.643. The number of nitrogens with zero attached hydrogens (tertiary/aromatic N) is 3. The minimum absolute atomic E-state index is 0.0297. The summed E-state index contributed by atoms with van der Waals surface area (Å²) in [5.41, 5.74) is 0.0900. The van der Waals surface area contributed by atoms with E-state index in [1.54, 1.807) is 24.3 Å². The van der Waals surface area contributed by atoms with Gasteiger partial charge in [0.15, 0.2) is 0 Å². The van der Waals surface area contributed by atoms with Crippen molar-refractivity contribution < 1.29 is 9.72 Å². The second-order valence-electron chi connectivity index (χ2n) is 5.17. The molecule has 0 bridgehead atoms. The van der Waals surface area contributed by atoms with E-state index in [0.29, 0.717) is 10.9 Å². The minimum Gasteiger partial charge on any atom is -0.324 e. The molecule has 0 aliphatic heterocycles. The van der Waals surface area contributed by atoms with Gasteiger partial charge in [-0.1, -0.05) is 23.7 Å². The van der Waals surface area contributed by atoms with Crippen molar-refractivity contribution in [3.8, 4) is 0 Å². The van der Waals surface area contributed by atoms with Crippen molar-refractivity contribution in [2.45, 2.75) is 6.54 Å². The van der Waals surface area contributed by atoms with E-state index in [1.807, 2.05) is 0 Å². The lowest BCUT2D eigenvalue weighted by atomic mass is 10.2. The maximum atomic E-state index is 12.3. The number of fused-ring (bicyclic) bond motifs is 1. The summed E-state index contributed by atoms with van der Waals surface area (Å²) in [4.78, 5) is 38.8. The normalized spacial score (nSPS) is 10.6. The molecule has 0 saturated heterocycles. The van der Waals surface area contributed by atoms with E-state index in [2.05, 4.69) is 10.3 Å². The average Bonchev–Trinajstić information content (AvgIpc) is 2.59. The van der Waals surface area contributed by atoms with E-state index in [9.17, 15) is 19.7 Å². The lowest BCUT2D eigenvalue weighted by Gasteiger charge is -2.08. The first-order valence-corrected chi connectivity index (χ1v) is 7.51. The summed E-state index contributed by atoms with van der Waals surface area (Å²) in [6.07, 6.45) is 1.29. The molecule has 3 aromatic rings. The molecule has 1 aromatic heterocycles. The van der Waals surface area contributed by atoms with Crippen molar-refractivity contribution in [1.82, 2.24) is 9.55 Å². The van der Waals surface area contributed by atoms with Crippen LogP contribution in [0.15, 0.2) is 53.6 Å². The second kappa shape index (κ2) is 6.70. The van der Waals surface area contributed by atoms with E-state index < -0.39 is 10.8 Å². The van der Waals surface area contributed by atoms with E-state index in [0.717, 1.165) is 6.07 Å². The van der Waals surface area contributed by atoms with Crippen LogP contribution < -0.4 is 10.9 Å². The average molecular weight is 359 g/mol. The third kappa shape index (κ3) is 3.48. The number of benzene rings is 2. The van der Waals surface area contributed by atoms with Gasteiger partial charge in [0, 0.05) is 11.8 Å². The number of halogens is 1. The summed E-state index contributed by atoms with van der Waals surface area (Å²) in [5, 5.41) is 13.7. The van der Waals surface area contributed by atoms with Crippen molar-refractivity contribution in [3.05, 3.63) is 74.3 Å². The highest BCUT2D eigenvalue weighted by molar-refractivity contribution is 6.32.